The maximum Gasteiger partial charge on any atom is 0.419 e. The molecule has 0 spiro atoms. The molecule has 1 fully saturated rings. The van der Waals surface area contributed by atoms with Gasteiger partial charge in [-0.25, -0.2) is 17.9 Å². The van der Waals surface area contributed by atoms with E-state index in [0.717, 1.165) is 12.8 Å². The van der Waals surface area contributed by atoms with Gasteiger partial charge in [0.15, 0.2) is 5.58 Å². The highest BCUT2D eigenvalue weighted by Gasteiger charge is 2.42. The number of hydrogen-bond donors (Lipinski definition) is 2. The van der Waals surface area contributed by atoms with Crippen molar-refractivity contribution < 1.29 is 17.9 Å². The minimum atomic E-state index is -3.69. The summed E-state index contributed by atoms with van der Waals surface area (Å²) in [6.07, 6.45) is 1.64. The van der Waals surface area contributed by atoms with E-state index >= 15 is 0 Å². The molecule has 2 N–H and O–H groups in total. The van der Waals surface area contributed by atoms with Crippen molar-refractivity contribution in [3.05, 3.63) is 28.7 Å². The number of nitrogens with zero attached hydrogens (tertiary/aromatic N) is 1. The zero-order chi connectivity index (χ0) is 15.3. The smallest absolute Gasteiger partial charge is 0.408 e. The minimum Gasteiger partial charge on any atom is -0.408 e. The molecule has 0 aliphatic heterocycles. The van der Waals surface area contributed by atoms with Crippen LogP contribution in [-0.4, -0.2) is 31.2 Å². The first-order chi connectivity index (χ1) is 9.87. The standard InChI is InChI=1S/C13H16N2O5S/c1-15-10-3-2-9(6-11(10)20-12(15)17)21(18,19)14-7-13(8-16)4-5-13/h2-3,6,14,16H,4-5,7-8H2,1H3. The predicted octanol–water partition coefficient (Wildman–Crippen LogP) is 0.182. The lowest BCUT2D eigenvalue weighted by molar-refractivity contribution is 0.213. The summed E-state index contributed by atoms with van der Waals surface area (Å²) in [7, 11) is -2.14. The van der Waals surface area contributed by atoms with Crippen molar-refractivity contribution in [2.24, 2.45) is 12.5 Å². The van der Waals surface area contributed by atoms with Crippen LogP contribution < -0.4 is 10.5 Å². The molecule has 0 saturated heterocycles. The van der Waals surface area contributed by atoms with E-state index in [4.69, 9.17) is 4.42 Å². The Balaban J connectivity index is 1.90. The fraction of sp³-hybridized carbons (Fsp3) is 0.462. The molecule has 0 atom stereocenters. The van der Waals surface area contributed by atoms with E-state index in [1.165, 1.54) is 22.8 Å². The Morgan fingerprint density at radius 3 is 2.76 bits per heavy atom. The first kappa shape index (κ1) is 14.3. The number of hydrogen-bond acceptors (Lipinski definition) is 5. The molecule has 3 rings (SSSR count). The van der Waals surface area contributed by atoms with Crippen molar-refractivity contribution in [2.75, 3.05) is 13.2 Å². The zero-order valence-corrected chi connectivity index (χ0v) is 12.3. The number of aryl methyl sites for hydroxylation is 1. The highest BCUT2D eigenvalue weighted by molar-refractivity contribution is 7.89. The Hall–Kier alpha value is -1.64. The van der Waals surface area contributed by atoms with Crippen molar-refractivity contribution in [2.45, 2.75) is 17.7 Å². The van der Waals surface area contributed by atoms with Crippen LogP contribution >= 0.6 is 0 Å². The summed E-state index contributed by atoms with van der Waals surface area (Å²) >= 11 is 0. The number of benzene rings is 1. The average molecular weight is 312 g/mol. The quantitative estimate of drug-likeness (QED) is 0.820. The van der Waals surface area contributed by atoms with Crippen LogP contribution in [0.5, 0.6) is 0 Å². The van der Waals surface area contributed by atoms with Gasteiger partial charge < -0.3 is 9.52 Å². The van der Waals surface area contributed by atoms with Gasteiger partial charge in [0, 0.05) is 31.7 Å². The summed E-state index contributed by atoms with van der Waals surface area (Å²) in [6, 6.07) is 4.30. The van der Waals surface area contributed by atoms with Crippen molar-refractivity contribution in [3.8, 4) is 0 Å². The Bertz CT molecular complexity index is 845. The molecule has 1 aromatic heterocycles. The Morgan fingerprint density at radius 2 is 2.14 bits per heavy atom. The number of fused-ring (bicyclic) bond motifs is 1. The van der Waals surface area contributed by atoms with Gasteiger partial charge in [0.25, 0.3) is 0 Å². The second-order valence-corrected chi connectivity index (χ2v) is 7.31. The molecule has 1 heterocycles. The van der Waals surface area contributed by atoms with Gasteiger partial charge in [0.05, 0.1) is 10.4 Å². The summed E-state index contributed by atoms with van der Waals surface area (Å²) < 4.78 is 33.3. The zero-order valence-electron chi connectivity index (χ0n) is 11.5. The van der Waals surface area contributed by atoms with Gasteiger partial charge in [-0.2, -0.15) is 0 Å². The van der Waals surface area contributed by atoms with Crippen molar-refractivity contribution in [1.82, 2.24) is 9.29 Å². The molecule has 0 amide bonds. The topological polar surface area (TPSA) is 102 Å². The molecule has 1 aliphatic rings. The number of sulfonamides is 1. The van der Waals surface area contributed by atoms with Crippen LogP contribution in [0.15, 0.2) is 32.3 Å². The number of aromatic nitrogens is 1. The van der Waals surface area contributed by atoms with Gasteiger partial charge in [-0.15, -0.1) is 0 Å². The highest BCUT2D eigenvalue weighted by atomic mass is 32.2. The Morgan fingerprint density at radius 1 is 1.43 bits per heavy atom. The summed E-state index contributed by atoms with van der Waals surface area (Å²) in [5, 5.41) is 9.21. The van der Waals surface area contributed by atoms with E-state index in [9.17, 15) is 18.3 Å². The largest absolute Gasteiger partial charge is 0.419 e. The molecule has 2 aromatic rings. The molecule has 1 saturated carbocycles. The molecular formula is C13H16N2O5S. The van der Waals surface area contributed by atoms with E-state index in [-0.39, 0.29) is 29.0 Å². The molecule has 7 nitrogen and oxygen atoms in total. The monoisotopic (exact) mass is 312 g/mol. The third-order valence-corrected chi connectivity index (χ3v) is 5.40. The average Bonchev–Trinajstić information content (AvgIpc) is 3.19. The lowest BCUT2D eigenvalue weighted by Gasteiger charge is -2.13. The van der Waals surface area contributed by atoms with Crippen molar-refractivity contribution >= 4 is 21.1 Å². The fourth-order valence-electron chi connectivity index (χ4n) is 2.18. The van der Waals surface area contributed by atoms with Crippen molar-refractivity contribution in [3.63, 3.8) is 0 Å². The first-order valence-electron chi connectivity index (χ1n) is 6.57. The summed E-state index contributed by atoms with van der Waals surface area (Å²) in [6.45, 7) is 0.185. The van der Waals surface area contributed by atoms with E-state index in [1.807, 2.05) is 0 Å². The van der Waals surface area contributed by atoms with Gasteiger partial charge in [0.2, 0.25) is 10.0 Å². The Labute approximate surface area is 121 Å². The SMILES string of the molecule is Cn1c(=O)oc2cc(S(=O)(=O)NCC3(CO)CC3)ccc21. The second-order valence-electron chi connectivity index (χ2n) is 5.54. The van der Waals surface area contributed by atoms with Crippen molar-refractivity contribution in [1.29, 1.82) is 0 Å². The van der Waals surface area contributed by atoms with Gasteiger partial charge in [-0.1, -0.05) is 0 Å². The minimum absolute atomic E-state index is 0.0257. The maximum atomic E-state index is 12.2. The lowest BCUT2D eigenvalue weighted by atomic mass is 10.1. The number of aliphatic hydroxyl groups is 1. The molecule has 8 heteroatoms. The molecule has 0 radical (unpaired) electrons. The van der Waals surface area contributed by atoms with E-state index in [0.29, 0.717) is 5.52 Å². The Kier molecular flexibility index (Phi) is 3.19. The van der Waals surface area contributed by atoms with Crippen LogP contribution in [0.4, 0.5) is 0 Å². The number of nitrogens with one attached hydrogen (secondary N) is 1. The highest BCUT2D eigenvalue weighted by Crippen LogP contribution is 2.44. The van der Waals surface area contributed by atoms with E-state index in [1.54, 1.807) is 7.05 Å². The van der Waals surface area contributed by atoms with Crippen LogP contribution in [0.1, 0.15) is 12.8 Å². The maximum absolute atomic E-state index is 12.2. The summed E-state index contributed by atoms with van der Waals surface area (Å²) in [4.78, 5) is 11.4. The molecule has 0 unspecified atom stereocenters. The predicted molar refractivity (Wildman–Crippen MR) is 75.4 cm³/mol. The molecule has 114 valence electrons. The summed E-state index contributed by atoms with van der Waals surface area (Å²) in [5.74, 6) is -0.537. The van der Waals surface area contributed by atoms with Crippen LogP contribution in [-0.2, 0) is 17.1 Å². The van der Waals surface area contributed by atoms with Crippen LogP contribution in [0, 0.1) is 5.41 Å². The number of rotatable bonds is 5. The molecular weight excluding hydrogens is 296 g/mol. The van der Waals surface area contributed by atoms with Gasteiger partial charge in [0.1, 0.15) is 0 Å². The van der Waals surface area contributed by atoms with Gasteiger partial charge in [-0.05, 0) is 25.0 Å². The number of aliphatic hydroxyl groups excluding tert-OH is 1. The van der Waals surface area contributed by atoms with Crippen LogP contribution in [0.2, 0.25) is 0 Å². The van der Waals surface area contributed by atoms with Gasteiger partial charge in [-0.3, -0.25) is 4.57 Å². The molecule has 1 aromatic carbocycles. The van der Waals surface area contributed by atoms with Gasteiger partial charge >= 0.3 is 5.76 Å². The number of oxazole rings is 1. The van der Waals surface area contributed by atoms with Crippen LogP contribution in [0.3, 0.4) is 0 Å². The molecule has 21 heavy (non-hydrogen) atoms. The van der Waals surface area contributed by atoms with E-state index < -0.39 is 15.8 Å². The summed E-state index contributed by atoms with van der Waals surface area (Å²) in [5.41, 5.74) is 0.456. The lowest BCUT2D eigenvalue weighted by Crippen LogP contribution is -2.31. The molecule has 0 bridgehead atoms. The fourth-order valence-corrected chi connectivity index (χ4v) is 3.35. The first-order valence-corrected chi connectivity index (χ1v) is 8.05. The van der Waals surface area contributed by atoms with E-state index in [2.05, 4.69) is 4.72 Å². The van der Waals surface area contributed by atoms with Crippen LogP contribution in [0.25, 0.3) is 11.1 Å². The third-order valence-electron chi connectivity index (χ3n) is 4.00. The third kappa shape index (κ3) is 2.50. The molecule has 1 aliphatic carbocycles. The second kappa shape index (κ2) is 4.69. The normalized spacial score (nSPS) is 17.2.